The summed E-state index contributed by atoms with van der Waals surface area (Å²) >= 11 is 1.75. The van der Waals surface area contributed by atoms with E-state index in [0.717, 1.165) is 36.6 Å². The molecule has 3 heterocycles. The van der Waals surface area contributed by atoms with E-state index >= 15 is 0 Å². The highest BCUT2D eigenvalue weighted by Crippen LogP contribution is 2.32. The van der Waals surface area contributed by atoms with Gasteiger partial charge in [0.1, 0.15) is 0 Å². The van der Waals surface area contributed by atoms with Crippen molar-refractivity contribution in [1.82, 2.24) is 15.2 Å². The molecule has 1 saturated heterocycles. The largest absolute Gasteiger partial charge is 0.314 e. The van der Waals surface area contributed by atoms with E-state index in [2.05, 4.69) is 39.5 Å². The fourth-order valence-electron chi connectivity index (χ4n) is 3.42. The Balaban J connectivity index is 0.00000225. The van der Waals surface area contributed by atoms with Crippen LogP contribution in [0.4, 0.5) is 5.69 Å². The Morgan fingerprint density at radius 3 is 2.61 bits per heavy atom. The monoisotopic (exact) mass is 416 g/mol. The van der Waals surface area contributed by atoms with Gasteiger partial charge < -0.3 is 5.32 Å². The Bertz CT molecular complexity index is 917. The van der Waals surface area contributed by atoms with Crippen molar-refractivity contribution >= 4 is 29.4 Å². The number of nitro groups is 1. The second-order valence-electron chi connectivity index (χ2n) is 6.54. The molecule has 8 heteroatoms. The number of hydrogen-bond donors (Lipinski definition) is 1. The molecule has 28 heavy (non-hydrogen) atoms. The number of halogens is 1. The second-order valence-corrected chi connectivity index (χ2v) is 7.71. The molecule has 1 aliphatic heterocycles. The van der Waals surface area contributed by atoms with Gasteiger partial charge in [0.15, 0.2) is 0 Å². The van der Waals surface area contributed by atoms with Crippen molar-refractivity contribution in [3.05, 3.63) is 81.5 Å². The third kappa shape index (κ3) is 4.56. The van der Waals surface area contributed by atoms with Gasteiger partial charge in [-0.05, 0) is 47.5 Å². The fraction of sp³-hybridized carbons (Fsp3) is 0.250. The Hall–Kier alpha value is -2.32. The highest BCUT2D eigenvalue weighted by Gasteiger charge is 2.24. The number of pyridine rings is 1. The summed E-state index contributed by atoms with van der Waals surface area (Å²) in [5, 5.41) is 14.3. The van der Waals surface area contributed by atoms with Crippen molar-refractivity contribution in [2.45, 2.75) is 12.6 Å². The molecule has 0 saturated carbocycles. The summed E-state index contributed by atoms with van der Waals surface area (Å²) < 4.78 is 0. The number of rotatable bonds is 5. The highest BCUT2D eigenvalue weighted by atomic mass is 35.5. The molecule has 1 aliphatic rings. The number of nitro benzene ring substituents is 1. The number of non-ortho nitro benzene ring substituents is 1. The summed E-state index contributed by atoms with van der Waals surface area (Å²) in [7, 11) is 0. The molecule has 1 unspecified atom stereocenters. The molecule has 1 aromatic carbocycles. The van der Waals surface area contributed by atoms with Crippen LogP contribution in [0, 0.1) is 10.1 Å². The van der Waals surface area contributed by atoms with E-state index in [1.165, 1.54) is 10.4 Å². The minimum atomic E-state index is -0.368. The van der Waals surface area contributed by atoms with Crippen LogP contribution < -0.4 is 5.32 Å². The molecule has 1 fully saturated rings. The average molecular weight is 417 g/mol. The summed E-state index contributed by atoms with van der Waals surface area (Å²) in [4.78, 5) is 19.5. The number of hydrogen-bond acceptors (Lipinski definition) is 6. The van der Waals surface area contributed by atoms with Crippen LogP contribution in [0.15, 0.2) is 60.9 Å². The smallest absolute Gasteiger partial charge is 0.269 e. The fourth-order valence-corrected chi connectivity index (χ4v) is 4.45. The van der Waals surface area contributed by atoms with E-state index in [0.29, 0.717) is 6.04 Å². The Morgan fingerprint density at radius 2 is 1.89 bits per heavy atom. The Kier molecular flexibility index (Phi) is 6.74. The maximum atomic E-state index is 10.8. The van der Waals surface area contributed by atoms with Gasteiger partial charge in [0.05, 0.1) is 4.92 Å². The first kappa shape index (κ1) is 20.4. The van der Waals surface area contributed by atoms with Crippen LogP contribution in [0.1, 0.15) is 16.5 Å². The summed E-state index contributed by atoms with van der Waals surface area (Å²) in [6, 6.07) is 15.5. The predicted octanol–water partition coefficient (Wildman–Crippen LogP) is 4.29. The molecule has 0 bridgehead atoms. The topological polar surface area (TPSA) is 71.3 Å². The van der Waals surface area contributed by atoms with Crippen molar-refractivity contribution in [3.63, 3.8) is 0 Å². The average Bonchev–Trinajstić information content (AvgIpc) is 3.18. The zero-order valence-electron chi connectivity index (χ0n) is 15.2. The number of nitrogens with one attached hydrogen (secondary N) is 1. The number of benzene rings is 1. The maximum Gasteiger partial charge on any atom is 0.269 e. The van der Waals surface area contributed by atoms with Crippen LogP contribution in [-0.2, 0) is 6.54 Å². The van der Waals surface area contributed by atoms with E-state index in [1.54, 1.807) is 23.5 Å². The highest BCUT2D eigenvalue weighted by molar-refractivity contribution is 7.15. The molecule has 0 radical (unpaired) electrons. The minimum Gasteiger partial charge on any atom is -0.314 e. The van der Waals surface area contributed by atoms with Crippen LogP contribution in [0.2, 0.25) is 0 Å². The van der Waals surface area contributed by atoms with Gasteiger partial charge in [0, 0.05) is 66.5 Å². The Morgan fingerprint density at radius 1 is 1.14 bits per heavy atom. The molecular weight excluding hydrogens is 396 g/mol. The zero-order chi connectivity index (χ0) is 18.6. The van der Waals surface area contributed by atoms with Crippen LogP contribution in [0.5, 0.6) is 0 Å². The normalized spacial score (nSPS) is 17.1. The van der Waals surface area contributed by atoms with E-state index in [4.69, 9.17) is 0 Å². The quantitative estimate of drug-likeness (QED) is 0.496. The third-order valence-electron chi connectivity index (χ3n) is 4.83. The standard InChI is InChI=1S/C20H20N4O2S.ClH/c25-24(26)17-3-1-16(2-4-17)20-6-5-18(27-20)14-23-12-11-22-13-19(23)15-7-9-21-10-8-15;/h1-10,19,22H,11-14H2;1H. The van der Waals surface area contributed by atoms with Crippen LogP contribution in [-0.4, -0.2) is 34.4 Å². The Labute approximate surface area is 173 Å². The molecule has 1 atom stereocenters. The van der Waals surface area contributed by atoms with Crippen molar-refractivity contribution in [2.75, 3.05) is 19.6 Å². The predicted molar refractivity (Wildman–Crippen MR) is 114 cm³/mol. The molecule has 0 amide bonds. The molecule has 1 N–H and O–H groups in total. The lowest BCUT2D eigenvalue weighted by Gasteiger charge is -2.36. The first-order chi connectivity index (χ1) is 13.2. The van der Waals surface area contributed by atoms with E-state index in [9.17, 15) is 10.1 Å². The molecule has 146 valence electrons. The van der Waals surface area contributed by atoms with Crippen molar-refractivity contribution < 1.29 is 4.92 Å². The molecule has 0 spiro atoms. The van der Waals surface area contributed by atoms with E-state index < -0.39 is 0 Å². The van der Waals surface area contributed by atoms with E-state index in [-0.39, 0.29) is 23.0 Å². The molecule has 4 rings (SSSR count). The van der Waals surface area contributed by atoms with Crippen molar-refractivity contribution in [2.24, 2.45) is 0 Å². The first-order valence-corrected chi connectivity index (χ1v) is 9.70. The number of thiophene rings is 1. The number of nitrogens with zero attached hydrogens (tertiary/aromatic N) is 3. The minimum absolute atomic E-state index is 0. The summed E-state index contributed by atoms with van der Waals surface area (Å²) in [5.74, 6) is 0. The second kappa shape index (κ2) is 9.25. The lowest BCUT2D eigenvalue weighted by molar-refractivity contribution is -0.384. The summed E-state index contributed by atoms with van der Waals surface area (Å²) in [5.41, 5.74) is 2.42. The van der Waals surface area contributed by atoms with Crippen molar-refractivity contribution in [1.29, 1.82) is 0 Å². The molecule has 0 aliphatic carbocycles. The zero-order valence-corrected chi connectivity index (χ0v) is 16.8. The third-order valence-corrected chi connectivity index (χ3v) is 5.95. The van der Waals surface area contributed by atoms with Gasteiger partial charge in [-0.15, -0.1) is 23.7 Å². The SMILES string of the molecule is Cl.O=[N+]([O-])c1ccc(-c2ccc(CN3CCNCC3c3ccncc3)s2)cc1. The van der Waals surface area contributed by atoms with Crippen LogP contribution in [0.3, 0.4) is 0 Å². The molecule has 3 aromatic rings. The van der Waals surface area contributed by atoms with Gasteiger partial charge in [0.2, 0.25) is 0 Å². The molecular formula is C20H21ClN4O2S. The number of piperazine rings is 1. The van der Waals surface area contributed by atoms with Gasteiger partial charge in [0.25, 0.3) is 5.69 Å². The van der Waals surface area contributed by atoms with Crippen LogP contribution in [0.25, 0.3) is 10.4 Å². The van der Waals surface area contributed by atoms with Gasteiger partial charge in [-0.25, -0.2) is 0 Å². The van der Waals surface area contributed by atoms with Gasteiger partial charge in [-0.3, -0.25) is 20.0 Å². The van der Waals surface area contributed by atoms with Gasteiger partial charge in [-0.2, -0.15) is 0 Å². The van der Waals surface area contributed by atoms with Crippen LogP contribution >= 0.6 is 23.7 Å². The lowest BCUT2D eigenvalue weighted by Crippen LogP contribution is -2.45. The molecule has 2 aromatic heterocycles. The summed E-state index contributed by atoms with van der Waals surface area (Å²) in [6.45, 7) is 3.82. The number of aromatic nitrogens is 1. The van der Waals surface area contributed by atoms with Gasteiger partial charge >= 0.3 is 0 Å². The first-order valence-electron chi connectivity index (χ1n) is 8.89. The van der Waals surface area contributed by atoms with Gasteiger partial charge in [-0.1, -0.05) is 0 Å². The lowest BCUT2D eigenvalue weighted by atomic mass is 10.0. The van der Waals surface area contributed by atoms with E-state index in [1.807, 2.05) is 24.5 Å². The maximum absolute atomic E-state index is 10.8. The summed E-state index contributed by atoms with van der Waals surface area (Å²) in [6.07, 6.45) is 3.69. The molecule has 6 nitrogen and oxygen atoms in total. The van der Waals surface area contributed by atoms with Crippen molar-refractivity contribution in [3.8, 4) is 10.4 Å².